The second kappa shape index (κ2) is 6.86. The minimum absolute atomic E-state index is 0.0355. The van der Waals surface area contributed by atoms with Gasteiger partial charge in [-0.05, 0) is 24.8 Å². The summed E-state index contributed by atoms with van der Waals surface area (Å²) in [7, 11) is 1.96. The number of morpholine rings is 1. The first-order valence-electron chi connectivity index (χ1n) is 8.82. The Hall–Kier alpha value is -1.77. The molecule has 2 aromatic heterocycles. The van der Waals surface area contributed by atoms with Gasteiger partial charge in [0.05, 0.1) is 25.6 Å². The maximum atomic E-state index is 12.5. The molecule has 1 amide bonds. The van der Waals surface area contributed by atoms with E-state index in [2.05, 4.69) is 9.97 Å². The molecule has 1 saturated heterocycles. The first-order valence-corrected chi connectivity index (χ1v) is 9.63. The second-order valence-electron chi connectivity index (χ2n) is 6.85. The number of H-pyrrole nitrogens is 1. The SMILES string of the molecule is C[NH+](CC(=O)N1CCOCC1)Cc1nc2sc3c(c2c(=O)[nH]1)CCC3. The number of aryl methyl sites for hydroxylation is 2. The van der Waals surface area contributed by atoms with Crippen molar-refractivity contribution in [3.05, 3.63) is 26.6 Å². The van der Waals surface area contributed by atoms with Crippen LogP contribution in [0.5, 0.6) is 0 Å². The summed E-state index contributed by atoms with van der Waals surface area (Å²) in [6.07, 6.45) is 3.18. The van der Waals surface area contributed by atoms with E-state index >= 15 is 0 Å². The molecule has 0 spiro atoms. The van der Waals surface area contributed by atoms with Crippen LogP contribution in [0.1, 0.15) is 22.7 Å². The summed E-state index contributed by atoms with van der Waals surface area (Å²) in [6.45, 7) is 3.47. The number of thiophene rings is 1. The Morgan fingerprint density at radius 3 is 2.96 bits per heavy atom. The van der Waals surface area contributed by atoms with Gasteiger partial charge in [-0.15, -0.1) is 11.3 Å². The number of nitrogens with zero attached hydrogens (tertiary/aromatic N) is 2. The molecule has 0 aromatic carbocycles. The summed E-state index contributed by atoms with van der Waals surface area (Å²) in [5, 5.41) is 0.781. The van der Waals surface area contributed by atoms with Crippen molar-refractivity contribution in [2.24, 2.45) is 0 Å². The number of aromatic amines is 1. The second-order valence-corrected chi connectivity index (χ2v) is 7.94. The first kappa shape index (κ1) is 16.7. The smallest absolute Gasteiger partial charge is 0.277 e. The Labute approximate surface area is 149 Å². The summed E-state index contributed by atoms with van der Waals surface area (Å²) >= 11 is 1.65. The van der Waals surface area contributed by atoms with Crippen LogP contribution < -0.4 is 10.5 Å². The standard InChI is InChI=1S/C17H22N4O3S/c1-20(10-14(22)21-5-7-24-8-6-21)9-13-18-16(23)15-11-3-2-4-12(11)25-17(15)19-13/h2-10H2,1H3,(H,18,19,23)/p+1. The number of carbonyl (C=O) groups is 1. The highest BCUT2D eigenvalue weighted by molar-refractivity contribution is 7.18. The normalized spacial score (nSPS) is 18.5. The zero-order chi connectivity index (χ0) is 17.4. The fourth-order valence-electron chi connectivity index (χ4n) is 3.66. The minimum atomic E-state index is -0.0355. The molecule has 25 heavy (non-hydrogen) atoms. The number of hydrogen-bond donors (Lipinski definition) is 2. The number of likely N-dealkylation sites (N-methyl/N-ethyl adjacent to an activating group) is 1. The van der Waals surface area contributed by atoms with E-state index in [0.717, 1.165) is 34.4 Å². The molecule has 2 N–H and O–H groups in total. The van der Waals surface area contributed by atoms with Crippen LogP contribution in [0.25, 0.3) is 10.2 Å². The van der Waals surface area contributed by atoms with Gasteiger partial charge in [0, 0.05) is 18.0 Å². The highest BCUT2D eigenvalue weighted by Crippen LogP contribution is 2.34. The molecule has 0 radical (unpaired) electrons. The molecule has 7 nitrogen and oxygen atoms in total. The Kier molecular flexibility index (Phi) is 4.58. The lowest BCUT2D eigenvalue weighted by atomic mass is 10.2. The molecule has 0 bridgehead atoms. The lowest BCUT2D eigenvalue weighted by molar-refractivity contribution is -0.886. The van der Waals surface area contributed by atoms with Crippen LogP contribution in [0, 0.1) is 0 Å². The van der Waals surface area contributed by atoms with Gasteiger partial charge in [0.2, 0.25) is 0 Å². The number of rotatable bonds is 4. The molecule has 134 valence electrons. The lowest BCUT2D eigenvalue weighted by Gasteiger charge is -2.27. The Bertz CT molecular complexity index is 853. The van der Waals surface area contributed by atoms with Crippen molar-refractivity contribution in [3.8, 4) is 0 Å². The van der Waals surface area contributed by atoms with Crippen LogP contribution in [0.2, 0.25) is 0 Å². The number of quaternary nitrogens is 1. The number of hydrogen-bond acceptors (Lipinski definition) is 5. The van der Waals surface area contributed by atoms with Crippen LogP contribution in [0.15, 0.2) is 4.79 Å². The molecule has 2 aromatic rings. The third-order valence-corrected chi connectivity index (χ3v) is 6.10. The molecule has 1 aliphatic carbocycles. The molecule has 1 fully saturated rings. The average molecular weight is 363 g/mol. The topological polar surface area (TPSA) is 79.7 Å². The lowest BCUT2D eigenvalue weighted by Crippen LogP contribution is -3.09. The molecule has 3 heterocycles. The fraction of sp³-hybridized carbons (Fsp3) is 0.588. The van der Waals surface area contributed by atoms with E-state index < -0.39 is 0 Å². The molecule has 1 aliphatic heterocycles. The molecule has 1 unspecified atom stereocenters. The third kappa shape index (κ3) is 3.33. The van der Waals surface area contributed by atoms with E-state index in [1.807, 2.05) is 11.9 Å². The summed E-state index contributed by atoms with van der Waals surface area (Å²) < 4.78 is 5.28. The quantitative estimate of drug-likeness (QED) is 0.756. The monoisotopic (exact) mass is 363 g/mol. The number of ether oxygens (including phenoxy) is 1. The van der Waals surface area contributed by atoms with Crippen molar-refractivity contribution >= 4 is 27.5 Å². The third-order valence-electron chi connectivity index (χ3n) is 4.91. The summed E-state index contributed by atoms with van der Waals surface area (Å²) in [4.78, 5) is 37.4. The zero-order valence-electron chi connectivity index (χ0n) is 14.4. The van der Waals surface area contributed by atoms with E-state index in [0.29, 0.717) is 45.2 Å². The predicted molar refractivity (Wildman–Crippen MR) is 95.1 cm³/mol. The van der Waals surface area contributed by atoms with Gasteiger partial charge in [-0.1, -0.05) is 0 Å². The summed E-state index contributed by atoms with van der Waals surface area (Å²) in [5.41, 5.74) is 1.16. The van der Waals surface area contributed by atoms with Crippen molar-refractivity contribution in [1.82, 2.24) is 14.9 Å². The molecular formula is C17H23N4O3S+. The fourth-order valence-corrected chi connectivity index (χ4v) is 4.94. The van der Waals surface area contributed by atoms with Gasteiger partial charge in [0.25, 0.3) is 11.5 Å². The molecule has 4 rings (SSSR count). The van der Waals surface area contributed by atoms with Gasteiger partial charge in [0.15, 0.2) is 12.4 Å². The van der Waals surface area contributed by atoms with Crippen LogP contribution >= 0.6 is 11.3 Å². The van der Waals surface area contributed by atoms with Gasteiger partial charge >= 0.3 is 0 Å². The molecule has 2 aliphatic rings. The highest BCUT2D eigenvalue weighted by Gasteiger charge is 2.23. The maximum absolute atomic E-state index is 12.5. The van der Waals surface area contributed by atoms with Crippen molar-refractivity contribution in [1.29, 1.82) is 0 Å². The number of fused-ring (bicyclic) bond motifs is 3. The van der Waals surface area contributed by atoms with Crippen LogP contribution in [-0.2, 0) is 28.9 Å². The van der Waals surface area contributed by atoms with E-state index in [4.69, 9.17) is 4.74 Å². The van der Waals surface area contributed by atoms with Gasteiger partial charge in [-0.25, -0.2) is 4.98 Å². The van der Waals surface area contributed by atoms with Gasteiger partial charge in [0.1, 0.15) is 11.4 Å². The molecule has 0 saturated carbocycles. The van der Waals surface area contributed by atoms with Crippen molar-refractivity contribution < 1.29 is 14.4 Å². The zero-order valence-corrected chi connectivity index (χ0v) is 15.2. The number of amides is 1. The maximum Gasteiger partial charge on any atom is 0.277 e. The molecular weight excluding hydrogens is 340 g/mol. The first-order chi connectivity index (χ1) is 12.1. The average Bonchev–Trinajstić information content (AvgIpc) is 3.15. The Balaban J connectivity index is 1.47. The van der Waals surface area contributed by atoms with Crippen LogP contribution in [-0.4, -0.2) is 60.7 Å². The van der Waals surface area contributed by atoms with E-state index in [-0.39, 0.29) is 11.5 Å². The highest BCUT2D eigenvalue weighted by atomic mass is 32.1. The summed E-state index contributed by atoms with van der Waals surface area (Å²) in [5.74, 6) is 0.782. The van der Waals surface area contributed by atoms with Gasteiger partial charge in [-0.3, -0.25) is 9.59 Å². The predicted octanol–water partition coefficient (Wildman–Crippen LogP) is -0.653. The van der Waals surface area contributed by atoms with Crippen molar-refractivity contribution in [3.63, 3.8) is 0 Å². The number of aromatic nitrogens is 2. The van der Waals surface area contributed by atoms with E-state index in [1.54, 1.807) is 11.3 Å². The van der Waals surface area contributed by atoms with E-state index in [9.17, 15) is 9.59 Å². The number of nitrogens with one attached hydrogen (secondary N) is 2. The largest absolute Gasteiger partial charge is 0.378 e. The van der Waals surface area contributed by atoms with Crippen molar-refractivity contribution in [2.45, 2.75) is 25.8 Å². The van der Waals surface area contributed by atoms with Crippen LogP contribution in [0.4, 0.5) is 0 Å². The summed E-state index contributed by atoms with van der Waals surface area (Å²) in [6, 6.07) is 0. The Morgan fingerprint density at radius 1 is 1.36 bits per heavy atom. The van der Waals surface area contributed by atoms with E-state index in [1.165, 1.54) is 10.4 Å². The molecule has 1 atom stereocenters. The van der Waals surface area contributed by atoms with Crippen molar-refractivity contribution in [2.75, 3.05) is 39.9 Å². The van der Waals surface area contributed by atoms with Gasteiger partial charge < -0.3 is 19.5 Å². The minimum Gasteiger partial charge on any atom is -0.378 e. The Morgan fingerprint density at radius 2 is 2.16 bits per heavy atom. The van der Waals surface area contributed by atoms with Gasteiger partial charge in [-0.2, -0.15) is 0 Å². The van der Waals surface area contributed by atoms with Crippen LogP contribution in [0.3, 0.4) is 0 Å². The number of carbonyl (C=O) groups excluding carboxylic acids is 1. The molecule has 8 heteroatoms.